The van der Waals surface area contributed by atoms with Crippen LogP contribution >= 0.6 is 0 Å². The Bertz CT molecular complexity index is 285. The highest BCUT2D eigenvalue weighted by Crippen LogP contribution is 2.30. The summed E-state index contributed by atoms with van der Waals surface area (Å²) in [7, 11) is 0. The molecule has 1 rings (SSSR count). The predicted octanol–water partition coefficient (Wildman–Crippen LogP) is 1.35. The molecule has 1 amide bonds. The molecule has 18 heavy (non-hydrogen) atoms. The van der Waals surface area contributed by atoms with Gasteiger partial charge in [-0.3, -0.25) is 9.69 Å². The number of nitrogens with zero attached hydrogens (tertiary/aromatic N) is 1. The fourth-order valence-electron chi connectivity index (χ4n) is 3.09. The number of hydrogen-bond donors (Lipinski definition) is 2. The van der Waals surface area contributed by atoms with Gasteiger partial charge >= 0.3 is 0 Å². The first-order valence-electron chi connectivity index (χ1n) is 7.12. The van der Waals surface area contributed by atoms with Crippen molar-refractivity contribution in [3.63, 3.8) is 0 Å². The molecule has 1 fully saturated rings. The van der Waals surface area contributed by atoms with E-state index in [1.54, 1.807) is 0 Å². The maximum atomic E-state index is 12.0. The minimum atomic E-state index is -0.0272. The van der Waals surface area contributed by atoms with Crippen LogP contribution in [0.25, 0.3) is 0 Å². The molecule has 4 heteroatoms. The van der Waals surface area contributed by atoms with Crippen LogP contribution in [0.15, 0.2) is 0 Å². The highest BCUT2D eigenvalue weighted by Gasteiger charge is 2.40. The zero-order valence-electron chi connectivity index (χ0n) is 12.5. The summed E-state index contributed by atoms with van der Waals surface area (Å²) in [5.41, 5.74) is 6.41. The number of rotatable bonds is 4. The second kappa shape index (κ2) is 6.02. The molecule has 0 saturated carbocycles. The first kappa shape index (κ1) is 15.4. The van der Waals surface area contributed by atoms with Crippen LogP contribution in [-0.2, 0) is 4.79 Å². The van der Waals surface area contributed by atoms with Crippen LogP contribution in [0.5, 0.6) is 0 Å². The smallest absolute Gasteiger partial charge is 0.237 e. The molecule has 0 aromatic heterocycles. The van der Waals surface area contributed by atoms with E-state index in [9.17, 15) is 4.79 Å². The molecule has 3 atom stereocenters. The topological polar surface area (TPSA) is 58.4 Å². The predicted molar refractivity (Wildman–Crippen MR) is 75.3 cm³/mol. The fourth-order valence-corrected chi connectivity index (χ4v) is 3.09. The Balaban J connectivity index is 2.99. The van der Waals surface area contributed by atoms with E-state index in [1.165, 1.54) is 0 Å². The quantitative estimate of drug-likeness (QED) is 0.797. The third-order valence-corrected chi connectivity index (χ3v) is 3.88. The van der Waals surface area contributed by atoms with Crippen molar-refractivity contribution in [2.24, 2.45) is 11.1 Å². The van der Waals surface area contributed by atoms with E-state index >= 15 is 0 Å². The first-order valence-corrected chi connectivity index (χ1v) is 7.12. The Morgan fingerprint density at radius 2 is 2.06 bits per heavy atom. The van der Waals surface area contributed by atoms with Crippen molar-refractivity contribution < 1.29 is 4.79 Å². The SMILES string of the molecule is CCC(N)C(N1CCNC(=O)C1CC)C(C)(C)C. The van der Waals surface area contributed by atoms with Crippen LogP contribution < -0.4 is 11.1 Å². The van der Waals surface area contributed by atoms with Crippen LogP contribution in [0, 0.1) is 5.41 Å². The van der Waals surface area contributed by atoms with Gasteiger partial charge in [-0.1, -0.05) is 34.6 Å². The molecule has 0 aromatic carbocycles. The molecule has 4 nitrogen and oxygen atoms in total. The Hall–Kier alpha value is -0.610. The lowest BCUT2D eigenvalue weighted by Gasteiger charge is -2.48. The standard InChI is InChI=1S/C14H29N3O/c1-6-10(15)12(14(3,4)5)17-9-8-16-13(18)11(17)7-2/h10-12H,6-9,15H2,1-5H3,(H,16,18). The molecule has 0 aromatic rings. The molecular weight excluding hydrogens is 226 g/mol. The van der Waals surface area contributed by atoms with Crippen LogP contribution in [0.2, 0.25) is 0 Å². The Kier molecular flexibility index (Phi) is 5.17. The largest absolute Gasteiger partial charge is 0.353 e. The van der Waals surface area contributed by atoms with Crippen molar-refractivity contribution in [3.05, 3.63) is 0 Å². The summed E-state index contributed by atoms with van der Waals surface area (Å²) in [5, 5.41) is 2.95. The number of hydrogen-bond acceptors (Lipinski definition) is 3. The van der Waals surface area contributed by atoms with Gasteiger partial charge in [-0.25, -0.2) is 0 Å². The van der Waals surface area contributed by atoms with E-state index in [1.807, 2.05) is 0 Å². The van der Waals surface area contributed by atoms with Crippen LogP contribution in [0.4, 0.5) is 0 Å². The highest BCUT2D eigenvalue weighted by molar-refractivity contribution is 5.82. The monoisotopic (exact) mass is 255 g/mol. The van der Waals surface area contributed by atoms with Crippen molar-refractivity contribution in [1.82, 2.24) is 10.2 Å². The van der Waals surface area contributed by atoms with Gasteiger partial charge in [0.2, 0.25) is 5.91 Å². The lowest BCUT2D eigenvalue weighted by atomic mass is 9.79. The minimum Gasteiger partial charge on any atom is -0.353 e. The van der Waals surface area contributed by atoms with Crippen molar-refractivity contribution in [1.29, 1.82) is 0 Å². The molecule has 106 valence electrons. The zero-order valence-corrected chi connectivity index (χ0v) is 12.5. The van der Waals surface area contributed by atoms with Gasteiger partial charge in [0, 0.05) is 25.2 Å². The zero-order chi connectivity index (χ0) is 13.9. The minimum absolute atomic E-state index is 0.0272. The maximum absolute atomic E-state index is 12.0. The summed E-state index contributed by atoms with van der Waals surface area (Å²) in [6.45, 7) is 12.5. The van der Waals surface area contributed by atoms with Gasteiger partial charge in [-0.05, 0) is 18.3 Å². The van der Waals surface area contributed by atoms with Crippen LogP contribution in [-0.4, -0.2) is 42.0 Å². The van der Waals surface area contributed by atoms with E-state index in [2.05, 4.69) is 44.8 Å². The number of carbonyl (C=O) groups is 1. The summed E-state index contributed by atoms with van der Waals surface area (Å²) in [6, 6.07) is 0.337. The van der Waals surface area contributed by atoms with E-state index in [4.69, 9.17) is 5.73 Å². The number of nitrogens with one attached hydrogen (secondary N) is 1. The average Bonchev–Trinajstić information content (AvgIpc) is 2.27. The third kappa shape index (κ3) is 3.23. The summed E-state index contributed by atoms with van der Waals surface area (Å²) >= 11 is 0. The Morgan fingerprint density at radius 1 is 1.44 bits per heavy atom. The molecule has 0 radical (unpaired) electrons. The number of carbonyl (C=O) groups excluding carboxylic acids is 1. The average molecular weight is 255 g/mol. The Morgan fingerprint density at radius 3 is 2.50 bits per heavy atom. The molecular formula is C14H29N3O. The van der Waals surface area contributed by atoms with Crippen LogP contribution in [0.1, 0.15) is 47.5 Å². The number of amides is 1. The van der Waals surface area contributed by atoms with Crippen molar-refractivity contribution in [3.8, 4) is 0 Å². The van der Waals surface area contributed by atoms with Gasteiger partial charge in [0.25, 0.3) is 0 Å². The second-order valence-corrected chi connectivity index (χ2v) is 6.34. The first-order chi connectivity index (χ1) is 8.32. The molecule has 1 aliphatic heterocycles. The fraction of sp³-hybridized carbons (Fsp3) is 0.929. The molecule has 1 saturated heterocycles. The summed E-state index contributed by atoms with van der Waals surface area (Å²) < 4.78 is 0. The maximum Gasteiger partial charge on any atom is 0.237 e. The Labute approximate surface area is 111 Å². The van der Waals surface area contributed by atoms with Crippen molar-refractivity contribution in [2.45, 2.75) is 65.6 Å². The van der Waals surface area contributed by atoms with Crippen molar-refractivity contribution in [2.75, 3.05) is 13.1 Å². The van der Waals surface area contributed by atoms with Gasteiger partial charge in [-0.2, -0.15) is 0 Å². The highest BCUT2D eigenvalue weighted by atomic mass is 16.2. The lowest BCUT2D eigenvalue weighted by Crippen LogP contribution is -2.65. The van der Waals surface area contributed by atoms with Gasteiger partial charge in [0.15, 0.2) is 0 Å². The summed E-state index contributed by atoms with van der Waals surface area (Å²) in [5.74, 6) is 0.154. The molecule has 1 heterocycles. The van der Waals surface area contributed by atoms with Crippen molar-refractivity contribution >= 4 is 5.91 Å². The summed E-state index contributed by atoms with van der Waals surface area (Å²) in [6.07, 6.45) is 1.78. The molecule has 1 aliphatic rings. The van der Waals surface area contributed by atoms with E-state index in [0.717, 1.165) is 25.9 Å². The normalized spacial score (nSPS) is 25.7. The van der Waals surface area contributed by atoms with Gasteiger partial charge in [0.05, 0.1) is 6.04 Å². The number of piperazine rings is 1. The molecule has 0 aliphatic carbocycles. The van der Waals surface area contributed by atoms with Crippen LogP contribution in [0.3, 0.4) is 0 Å². The van der Waals surface area contributed by atoms with Gasteiger partial charge in [0.1, 0.15) is 0 Å². The molecule has 0 bridgehead atoms. The second-order valence-electron chi connectivity index (χ2n) is 6.34. The van der Waals surface area contributed by atoms with Gasteiger partial charge in [-0.15, -0.1) is 0 Å². The molecule has 0 spiro atoms. The van der Waals surface area contributed by atoms with E-state index < -0.39 is 0 Å². The van der Waals surface area contributed by atoms with Gasteiger partial charge < -0.3 is 11.1 Å². The number of nitrogens with two attached hydrogens (primary N) is 1. The van der Waals surface area contributed by atoms with E-state index in [-0.39, 0.29) is 29.4 Å². The molecule has 3 N–H and O–H groups in total. The summed E-state index contributed by atoms with van der Waals surface area (Å²) in [4.78, 5) is 14.3. The molecule has 3 unspecified atom stereocenters. The lowest BCUT2D eigenvalue weighted by molar-refractivity contribution is -0.132. The van der Waals surface area contributed by atoms with E-state index in [0.29, 0.717) is 0 Å². The third-order valence-electron chi connectivity index (χ3n) is 3.88.